The molecular weight excluding hydrogens is 452 g/mol. The molecule has 0 spiro atoms. The van der Waals surface area contributed by atoms with Crippen LogP contribution >= 0.6 is 0 Å². The van der Waals surface area contributed by atoms with E-state index in [9.17, 15) is 4.79 Å². The van der Waals surface area contributed by atoms with E-state index in [2.05, 4.69) is 16.7 Å². The van der Waals surface area contributed by atoms with Crippen LogP contribution in [0.5, 0.6) is 17.2 Å². The number of fused-ring (bicyclic) bond motifs is 3. The van der Waals surface area contributed by atoms with Crippen LogP contribution in [0.1, 0.15) is 67.8 Å². The molecule has 5 rings (SSSR count). The lowest BCUT2D eigenvalue weighted by Gasteiger charge is -2.18. The smallest absolute Gasteiger partial charge is 0.198 e. The maximum Gasteiger partial charge on any atom is 0.198 e. The summed E-state index contributed by atoms with van der Waals surface area (Å²) in [7, 11) is 0. The van der Waals surface area contributed by atoms with Gasteiger partial charge in [-0.1, -0.05) is 19.1 Å². The van der Waals surface area contributed by atoms with Crippen LogP contribution in [-0.2, 0) is 0 Å². The minimum Gasteiger partial charge on any atom is -0.493 e. The third kappa shape index (κ3) is 5.55. The van der Waals surface area contributed by atoms with E-state index in [4.69, 9.17) is 14.2 Å². The number of hydrogen-bond donors (Lipinski definition) is 0. The molecule has 0 atom stereocenters. The van der Waals surface area contributed by atoms with Gasteiger partial charge in [0.2, 0.25) is 0 Å². The maximum absolute atomic E-state index is 13.6. The number of likely N-dealkylation sites (tertiary alicyclic amines) is 2. The molecule has 0 aromatic heterocycles. The quantitative estimate of drug-likeness (QED) is 0.297. The molecule has 2 aromatic rings. The monoisotopic (exact) mass is 492 g/mol. The summed E-state index contributed by atoms with van der Waals surface area (Å²) in [5.74, 6) is 2.14. The zero-order valence-electron chi connectivity index (χ0n) is 21.7. The Labute approximate surface area is 215 Å². The molecule has 3 aliphatic rings. The molecule has 0 N–H and O–H groups in total. The molecule has 2 heterocycles. The fourth-order valence-corrected chi connectivity index (χ4v) is 5.68. The van der Waals surface area contributed by atoms with Gasteiger partial charge in [0.05, 0.1) is 25.4 Å². The van der Waals surface area contributed by atoms with E-state index >= 15 is 0 Å². The van der Waals surface area contributed by atoms with Crippen LogP contribution in [0.2, 0.25) is 0 Å². The van der Waals surface area contributed by atoms with Gasteiger partial charge in [-0.3, -0.25) is 4.79 Å². The molecule has 36 heavy (non-hydrogen) atoms. The Kier molecular flexibility index (Phi) is 8.44. The van der Waals surface area contributed by atoms with Crippen LogP contribution in [0.15, 0.2) is 30.3 Å². The first kappa shape index (κ1) is 25.1. The van der Waals surface area contributed by atoms with E-state index in [1.54, 1.807) is 0 Å². The molecule has 0 saturated carbocycles. The number of ketones is 1. The van der Waals surface area contributed by atoms with Crippen LogP contribution < -0.4 is 14.2 Å². The van der Waals surface area contributed by atoms with Crippen LogP contribution in [0.4, 0.5) is 0 Å². The van der Waals surface area contributed by atoms with Crippen molar-refractivity contribution >= 4 is 5.78 Å². The second-order valence-corrected chi connectivity index (χ2v) is 10.2. The van der Waals surface area contributed by atoms with Gasteiger partial charge < -0.3 is 24.0 Å². The first-order valence-electron chi connectivity index (χ1n) is 13.9. The third-order valence-electron chi connectivity index (χ3n) is 7.49. The van der Waals surface area contributed by atoms with Gasteiger partial charge in [-0.15, -0.1) is 0 Å². The maximum atomic E-state index is 13.6. The lowest BCUT2D eigenvalue weighted by atomic mass is 10.0. The molecular formula is C30H40N2O4. The molecule has 6 nitrogen and oxygen atoms in total. The first-order valence-corrected chi connectivity index (χ1v) is 13.9. The minimum absolute atomic E-state index is 0.000918. The van der Waals surface area contributed by atoms with Crippen LogP contribution in [0.3, 0.4) is 0 Å². The number of carbonyl (C=O) groups is 1. The zero-order chi connectivity index (χ0) is 24.7. The van der Waals surface area contributed by atoms with Crippen molar-refractivity contribution in [2.45, 2.75) is 51.9 Å². The second kappa shape index (κ2) is 12.1. The SMILES string of the molecule is CCCOc1ccc(OCCCN2CCCC2)c2c1-c1c(OCCCN3CCCC3)cccc1C2=O. The molecule has 0 unspecified atom stereocenters. The van der Waals surface area contributed by atoms with Gasteiger partial charge >= 0.3 is 0 Å². The third-order valence-corrected chi connectivity index (χ3v) is 7.49. The van der Waals surface area contributed by atoms with Gasteiger partial charge in [-0.2, -0.15) is 0 Å². The summed E-state index contributed by atoms with van der Waals surface area (Å²) in [5.41, 5.74) is 2.98. The molecule has 0 bridgehead atoms. The van der Waals surface area contributed by atoms with E-state index in [-0.39, 0.29) is 5.78 Å². The Hall–Kier alpha value is -2.57. The fraction of sp³-hybridized carbons (Fsp3) is 0.567. The van der Waals surface area contributed by atoms with Crippen molar-refractivity contribution in [1.29, 1.82) is 0 Å². The summed E-state index contributed by atoms with van der Waals surface area (Å²) in [6.07, 6.45) is 8.02. The van der Waals surface area contributed by atoms with Gasteiger partial charge in [-0.25, -0.2) is 0 Å². The zero-order valence-corrected chi connectivity index (χ0v) is 21.7. The molecule has 0 amide bonds. The lowest BCUT2D eigenvalue weighted by molar-refractivity contribution is 0.103. The van der Waals surface area contributed by atoms with Crippen molar-refractivity contribution in [2.24, 2.45) is 0 Å². The highest BCUT2D eigenvalue weighted by Crippen LogP contribution is 2.50. The van der Waals surface area contributed by atoms with Gasteiger partial charge in [0.25, 0.3) is 0 Å². The highest BCUT2D eigenvalue weighted by Gasteiger charge is 2.35. The van der Waals surface area contributed by atoms with Crippen molar-refractivity contribution in [3.8, 4) is 28.4 Å². The molecule has 2 saturated heterocycles. The highest BCUT2D eigenvalue weighted by molar-refractivity contribution is 6.25. The molecule has 2 aliphatic heterocycles. The normalized spacial score (nSPS) is 17.4. The van der Waals surface area contributed by atoms with Gasteiger partial charge in [0.1, 0.15) is 17.2 Å². The summed E-state index contributed by atoms with van der Waals surface area (Å²) in [5, 5.41) is 0. The standard InChI is InChI=1S/C30H40N2O4/c1-2-20-34-25-12-13-26(36-22-9-19-32-16-5-6-17-32)29-28(25)27-23(30(29)33)10-7-11-24(27)35-21-8-18-31-14-3-4-15-31/h7,10-13H,2-6,8-9,14-22H2,1H3. The Morgan fingerprint density at radius 3 is 1.78 bits per heavy atom. The largest absolute Gasteiger partial charge is 0.493 e. The second-order valence-electron chi connectivity index (χ2n) is 10.2. The predicted octanol–water partition coefficient (Wildman–Crippen LogP) is 5.42. The summed E-state index contributed by atoms with van der Waals surface area (Å²) >= 11 is 0. The van der Waals surface area contributed by atoms with E-state index in [1.165, 1.54) is 51.9 Å². The molecule has 2 aromatic carbocycles. The fourth-order valence-electron chi connectivity index (χ4n) is 5.68. The molecule has 1 aliphatic carbocycles. The van der Waals surface area contributed by atoms with Crippen molar-refractivity contribution in [1.82, 2.24) is 9.80 Å². The Balaban J connectivity index is 1.34. The minimum atomic E-state index is -0.000918. The summed E-state index contributed by atoms with van der Waals surface area (Å²) < 4.78 is 18.6. The van der Waals surface area contributed by atoms with E-state index in [1.807, 2.05) is 30.3 Å². The Bertz CT molecular complexity index is 1040. The van der Waals surface area contributed by atoms with E-state index in [0.29, 0.717) is 36.7 Å². The Morgan fingerprint density at radius 1 is 0.667 bits per heavy atom. The highest BCUT2D eigenvalue weighted by atomic mass is 16.5. The lowest BCUT2D eigenvalue weighted by Crippen LogP contribution is -2.22. The van der Waals surface area contributed by atoms with Gasteiger partial charge in [-0.05, 0) is 89.3 Å². The molecule has 6 heteroatoms. The van der Waals surface area contributed by atoms with Crippen molar-refractivity contribution in [3.63, 3.8) is 0 Å². The number of rotatable bonds is 13. The number of benzene rings is 2. The summed E-state index contributed by atoms with van der Waals surface area (Å²) in [6.45, 7) is 10.8. The number of ether oxygens (including phenoxy) is 3. The average Bonchev–Trinajstić information content (AvgIpc) is 3.66. The van der Waals surface area contributed by atoms with Gasteiger partial charge in [0, 0.05) is 29.8 Å². The topological polar surface area (TPSA) is 51.2 Å². The van der Waals surface area contributed by atoms with Crippen molar-refractivity contribution in [2.75, 3.05) is 59.1 Å². The predicted molar refractivity (Wildman–Crippen MR) is 143 cm³/mol. The van der Waals surface area contributed by atoms with Crippen molar-refractivity contribution < 1.29 is 19.0 Å². The first-order chi connectivity index (χ1) is 17.8. The number of carbonyl (C=O) groups excluding carboxylic acids is 1. The van der Waals surface area contributed by atoms with Crippen molar-refractivity contribution in [3.05, 3.63) is 41.5 Å². The summed E-state index contributed by atoms with van der Waals surface area (Å²) in [4.78, 5) is 18.6. The molecule has 2 fully saturated rings. The number of nitrogens with zero attached hydrogens (tertiary/aromatic N) is 2. The average molecular weight is 493 g/mol. The van der Waals surface area contributed by atoms with Crippen LogP contribution in [-0.4, -0.2) is 74.7 Å². The van der Waals surface area contributed by atoms with Crippen LogP contribution in [0.25, 0.3) is 11.1 Å². The van der Waals surface area contributed by atoms with Gasteiger partial charge in [0.15, 0.2) is 5.78 Å². The number of hydrogen-bond acceptors (Lipinski definition) is 6. The van der Waals surface area contributed by atoms with E-state index in [0.717, 1.165) is 55.0 Å². The summed E-state index contributed by atoms with van der Waals surface area (Å²) in [6, 6.07) is 9.65. The molecule has 194 valence electrons. The van der Waals surface area contributed by atoms with E-state index < -0.39 is 0 Å². The Morgan fingerprint density at radius 2 is 1.19 bits per heavy atom. The molecule has 0 radical (unpaired) electrons. The van der Waals surface area contributed by atoms with Crippen LogP contribution in [0, 0.1) is 0 Å².